The normalized spacial score (nSPS) is 12.5. The minimum absolute atomic E-state index is 0.101. The average molecular weight is 271 g/mol. The molecule has 4 heteroatoms. The van der Waals surface area contributed by atoms with Gasteiger partial charge in [0.05, 0.1) is 5.69 Å². The Kier molecular flexibility index (Phi) is 3.77. The predicted octanol–water partition coefficient (Wildman–Crippen LogP) is 2.49. The first kappa shape index (κ1) is 14.5. The van der Waals surface area contributed by atoms with E-state index >= 15 is 0 Å². The fourth-order valence-electron chi connectivity index (χ4n) is 2.61. The Morgan fingerprint density at radius 2 is 1.65 bits per heavy atom. The van der Waals surface area contributed by atoms with E-state index in [4.69, 9.17) is 5.73 Å². The Bertz CT molecular complexity index is 691. The van der Waals surface area contributed by atoms with Gasteiger partial charge in [0.2, 0.25) is 5.43 Å². The van der Waals surface area contributed by atoms with Crippen molar-refractivity contribution in [3.63, 3.8) is 0 Å². The second-order valence-corrected chi connectivity index (χ2v) is 5.48. The molecular formula is C16H21N3O. The van der Waals surface area contributed by atoms with E-state index in [-0.39, 0.29) is 11.5 Å². The van der Waals surface area contributed by atoms with Crippen molar-refractivity contribution >= 4 is 0 Å². The second kappa shape index (κ2) is 5.21. The van der Waals surface area contributed by atoms with Crippen molar-refractivity contribution in [1.29, 1.82) is 0 Å². The summed E-state index contributed by atoms with van der Waals surface area (Å²) < 4.78 is 1.82. The number of nitrogens with zero attached hydrogens (tertiary/aromatic N) is 2. The van der Waals surface area contributed by atoms with Crippen LogP contribution in [0.1, 0.15) is 41.0 Å². The summed E-state index contributed by atoms with van der Waals surface area (Å²) in [5.74, 6) is 0. The van der Waals surface area contributed by atoms with Crippen LogP contribution in [0.5, 0.6) is 0 Å². The van der Waals surface area contributed by atoms with Gasteiger partial charge in [-0.2, -0.15) is 5.10 Å². The maximum atomic E-state index is 11.9. The zero-order valence-corrected chi connectivity index (χ0v) is 12.7. The second-order valence-electron chi connectivity index (χ2n) is 5.48. The highest BCUT2D eigenvalue weighted by atomic mass is 16.1. The van der Waals surface area contributed by atoms with Crippen LogP contribution in [0.2, 0.25) is 0 Å². The maximum absolute atomic E-state index is 11.9. The molecule has 0 bridgehead atoms. The van der Waals surface area contributed by atoms with Gasteiger partial charge in [0.1, 0.15) is 5.69 Å². The van der Waals surface area contributed by atoms with Gasteiger partial charge in [-0.3, -0.25) is 4.79 Å². The van der Waals surface area contributed by atoms with Gasteiger partial charge in [0, 0.05) is 17.8 Å². The van der Waals surface area contributed by atoms with Crippen LogP contribution in [0, 0.1) is 27.7 Å². The molecule has 2 N–H and O–H groups in total. The summed E-state index contributed by atoms with van der Waals surface area (Å²) in [7, 11) is 0. The molecule has 0 aliphatic rings. The van der Waals surface area contributed by atoms with Gasteiger partial charge < -0.3 is 5.73 Å². The summed E-state index contributed by atoms with van der Waals surface area (Å²) in [6.45, 7) is 9.85. The van der Waals surface area contributed by atoms with Gasteiger partial charge in [-0.1, -0.05) is 17.7 Å². The molecule has 0 aliphatic carbocycles. The minimum Gasteiger partial charge on any atom is -0.323 e. The number of aromatic nitrogens is 2. The van der Waals surface area contributed by atoms with E-state index in [1.807, 2.05) is 11.6 Å². The minimum atomic E-state index is -0.375. The zero-order valence-electron chi connectivity index (χ0n) is 12.7. The Balaban J connectivity index is 2.77. The third kappa shape index (κ3) is 2.51. The monoisotopic (exact) mass is 271 g/mol. The van der Waals surface area contributed by atoms with E-state index in [0.29, 0.717) is 5.69 Å². The molecule has 0 saturated heterocycles. The molecule has 1 atom stereocenters. The van der Waals surface area contributed by atoms with E-state index in [0.717, 1.165) is 22.5 Å². The molecule has 0 spiro atoms. The molecule has 106 valence electrons. The molecule has 1 heterocycles. The van der Waals surface area contributed by atoms with Crippen LogP contribution in [-0.4, -0.2) is 9.78 Å². The van der Waals surface area contributed by atoms with E-state index in [1.165, 1.54) is 5.56 Å². The molecule has 20 heavy (non-hydrogen) atoms. The smallest absolute Gasteiger partial charge is 0.205 e. The van der Waals surface area contributed by atoms with Crippen molar-refractivity contribution in [3.8, 4) is 5.69 Å². The molecule has 2 rings (SSSR count). The molecule has 4 nitrogen and oxygen atoms in total. The van der Waals surface area contributed by atoms with Crippen molar-refractivity contribution in [2.45, 2.75) is 40.7 Å². The number of nitrogens with two attached hydrogens (primary N) is 1. The molecule has 0 amide bonds. The molecule has 0 aliphatic heterocycles. The van der Waals surface area contributed by atoms with Crippen LogP contribution in [0.3, 0.4) is 0 Å². The number of benzene rings is 1. The highest BCUT2D eigenvalue weighted by Gasteiger charge is 2.14. The number of hydrogen-bond donors (Lipinski definition) is 1. The highest BCUT2D eigenvalue weighted by Crippen LogP contribution is 2.21. The summed E-state index contributed by atoms with van der Waals surface area (Å²) in [6.07, 6.45) is 0. The predicted molar refractivity (Wildman–Crippen MR) is 81.4 cm³/mol. The summed E-state index contributed by atoms with van der Waals surface area (Å²) in [6, 6.07) is 5.46. The Morgan fingerprint density at radius 3 is 2.15 bits per heavy atom. The van der Waals surface area contributed by atoms with Crippen LogP contribution in [0.4, 0.5) is 0 Å². The van der Waals surface area contributed by atoms with Gasteiger partial charge in [0.15, 0.2) is 0 Å². The third-order valence-corrected chi connectivity index (χ3v) is 3.41. The van der Waals surface area contributed by atoms with Crippen LogP contribution in [-0.2, 0) is 0 Å². The molecule has 1 unspecified atom stereocenters. The fraction of sp³-hybridized carbons (Fsp3) is 0.375. The first-order chi connectivity index (χ1) is 9.31. The largest absolute Gasteiger partial charge is 0.323 e. The van der Waals surface area contributed by atoms with E-state index in [2.05, 4.69) is 38.0 Å². The quantitative estimate of drug-likeness (QED) is 0.912. The lowest BCUT2D eigenvalue weighted by Gasteiger charge is -2.17. The van der Waals surface area contributed by atoms with Crippen molar-refractivity contribution in [1.82, 2.24) is 9.78 Å². The molecule has 1 aromatic carbocycles. The fourth-order valence-corrected chi connectivity index (χ4v) is 2.61. The van der Waals surface area contributed by atoms with E-state index < -0.39 is 0 Å². The lowest BCUT2D eigenvalue weighted by molar-refractivity contribution is 0.683. The average Bonchev–Trinajstić information content (AvgIpc) is 2.29. The molecule has 0 saturated carbocycles. The first-order valence-electron chi connectivity index (χ1n) is 6.76. The van der Waals surface area contributed by atoms with Crippen LogP contribution < -0.4 is 11.2 Å². The van der Waals surface area contributed by atoms with Gasteiger partial charge >= 0.3 is 0 Å². The summed E-state index contributed by atoms with van der Waals surface area (Å²) in [4.78, 5) is 11.9. The Morgan fingerprint density at radius 1 is 1.10 bits per heavy atom. The number of rotatable bonds is 2. The van der Waals surface area contributed by atoms with Crippen molar-refractivity contribution in [2.24, 2.45) is 5.73 Å². The topological polar surface area (TPSA) is 60.9 Å². The summed E-state index contributed by atoms with van der Waals surface area (Å²) >= 11 is 0. The van der Waals surface area contributed by atoms with Crippen LogP contribution >= 0.6 is 0 Å². The van der Waals surface area contributed by atoms with Crippen molar-refractivity contribution in [2.75, 3.05) is 0 Å². The van der Waals surface area contributed by atoms with Crippen LogP contribution in [0.25, 0.3) is 5.69 Å². The van der Waals surface area contributed by atoms with Crippen molar-refractivity contribution in [3.05, 3.63) is 56.5 Å². The van der Waals surface area contributed by atoms with Gasteiger partial charge in [-0.25, -0.2) is 4.68 Å². The van der Waals surface area contributed by atoms with E-state index in [1.54, 1.807) is 13.0 Å². The lowest BCUT2D eigenvalue weighted by atomic mass is 10.0. The molecule has 0 fully saturated rings. The summed E-state index contributed by atoms with van der Waals surface area (Å²) in [5, 5.41) is 4.47. The van der Waals surface area contributed by atoms with Crippen LogP contribution in [0.15, 0.2) is 23.0 Å². The van der Waals surface area contributed by atoms with Gasteiger partial charge in [-0.05, 0) is 45.7 Å². The SMILES string of the molecule is Cc1cc(C)c(-n2nc(C(C)N)c(=O)cc2C)c(C)c1. The Labute approximate surface area is 119 Å². The highest BCUT2D eigenvalue weighted by molar-refractivity contribution is 5.49. The van der Waals surface area contributed by atoms with Gasteiger partial charge in [-0.15, -0.1) is 0 Å². The molecule has 1 aromatic heterocycles. The zero-order chi connectivity index (χ0) is 15.0. The third-order valence-electron chi connectivity index (χ3n) is 3.41. The number of hydrogen-bond acceptors (Lipinski definition) is 3. The van der Waals surface area contributed by atoms with Crippen molar-refractivity contribution < 1.29 is 0 Å². The molecular weight excluding hydrogens is 250 g/mol. The standard InChI is InChI=1S/C16H21N3O/c1-9-6-10(2)16(11(3)7-9)19-12(4)8-14(20)15(18-19)13(5)17/h6-8,13H,17H2,1-5H3. The first-order valence-corrected chi connectivity index (χ1v) is 6.76. The maximum Gasteiger partial charge on any atom is 0.205 e. The molecule has 2 aromatic rings. The number of aryl methyl sites for hydroxylation is 4. The van der Waals surface area contributed by atoms with Gasteiger partial charge in [0.25, 0.3) is 0 Å². The Hall–Kier alpha value is -1.94. The lowest BCUT2D eigenvalue weighted by Crippen LogP contribution is -2.24. The summed E-state index contributed by atoms with van der Waals surface area (Å²) in [5.41, 5.74) is 11.5. The molecule has 0 radical (unpaired) electrons. The van der Waals surface area contributed by atoms with E-state index in [9.17, 15) is 4.79 Å².